The third-order valence-electron chi connectivity index (χ3n) is 2.10. The summed E-state index contributed by atoms with van der Waals surface area (Å²) >= 11 is 0. The van der Waals surface area contributed by atoms with Crippen LogP contribution in [0, 0.1) is 12.3 Å². The lowest BCUT2D eigenvalue weighted by Crippen LogP contribution is -2.27. The summed E-state index contributed by atoms with van der Waals surface area (Å²) in [4.78, 5) is 8.61. The minimum atomic E-state index is -0.401. The molecule has 2 rings (SSSR count). The molecule has 15 heavy (non-hydrogen) atoms. The molecule has 0 fully saturated rings. The van der Waals surface area contributed by atoms with E-state index in [1.807, 2.05) is 24.3 Å². The fraction of sp³-hybridized carbons (Fsp3) is 0.0909. The van der Waals surface area contributed by atoms with E-state index in [0.717, 1.165) is 11.0 Å². The number of terminal acetylenes is 1. The maximum atomic E-state index is 5.30. The molecule has 0 bridgehead atoms. The van der Waals surface area contributed by atoms with Crippen LogP contribution >= 0.6 is 0 Å². The number of hydrogen-bond acceptors (Lipinski definition) is 4. The first-order chi connectivity index (χ1) is 7.35. The summed E-state index contributed by atoms with van der Waals surface area (Å²) in [5, 5.41) is 0. The summed E-state index contributed by atoms with van der Waals surface area (Å²) in [6, 6.07) is 7.20. The fourth-order valence-electron chi connectivity index (χ4n) is 1.33. The third-order valence-corrected chi connectivity index (χ3v) is 2.10. The molecule has 3 N–H and O–H groups in total. The summed E-state index contributed by atoms with van der Waals surface area (Å²) in [5.74, 6) is 7.79. The zero-order chi connectivity index (χ0) is 10.7. The van der Waals surface area contributed by atoms with Crippen LogP contribution in [0.3, 0.4) is 0 Å². The van der Waals surface area contributed by atoms with E-state index in [2.05, 4.69) is 21.3 Å². The van der Waals surface area contributed by atoms with Gasteiger partial charge in [0, 0.05) is 0 Å². The normalized spacial score (nSPS) is 12.3. The van der Waals surface area contributed by atoms with E-state index in [1.54, 1.807) is 6.20 Å². The molecule has 4 heteroatoms. The van der Waals surface area contributed by atoms with Crippen molar-refractivity contribution in [3.05, 3.63) is 36.2 Å². The quantitative estimate of drug-likeness (QED) is 0.425. The summed E-state index contributed by atoms with van der Waals surface area (Å²) in [6.45, 7) is 0. The summed E-state index contributed by atoms with van der Waals surface area (Å²) in [7, 11) is 0. The standard InChI is InChI=1S/C11H10N4/c1-2-8(15-12)11-7-13-9-5-3-4-6-10(9)14-11/h1,3-8,15H,12H2. The largest absolute Gasteiger partial charge is 0.270 e. The van der Waals surface area contributed by atoms with Gasteiger partial charge in [0.05, 0.1) is 22.9 Å². The van der Waals surface area contributed by atoms with Crippen LogP contribution in [-0.4, -0.2) is 9.97 Å². The molecule has 2 aromatic rings. The van der Waals surface area contributed by atoms with Gasteiger partial charge in [-0.25, -0.2) is 10.4 Å². The molecule has 1 aromatic heterocycles. The molecule has 0 radical (unpaired) electrons. The van der Waals surface area contributed by atoms with Crippen LogP contribution in [-0.2, 0) is 0 Å². The molecule has 0 aliphatic carbocycles. The first-order valence-corrected chi connectivity index (χ1v) is 4.49. The van der Waals surface area contributed by atoms with Crippen LogP contribution in [0.5, 0.6) is 0 Å². The average molecular weight is 198 g/mol. The van der Waals surface area contributed by atoms with Crippen molar-refractivity contribution in [3.8, 4) is 12.3 Å². The monoisotopic (exact) mass is 198 g/mol. The second-order valence-electron chi connectivity index (χ2n) is 3.05. The fourth-order valence-corrected chi connectivity index (χ4v) is 1.33. The number of aromatic nitrogens is 2. The SMILES string of the molecule is C#CC(NN)c1cnc2ccccc2n1. The van der Waals surface area contributed by atoms with E-state index in [1.165, 1.54) is 0 Å². The summed E-state index contributed by atoms with van der Waals surface area (Å²) in [6.07, 6.45) is 6.93. The lowest BCUT2D eigenvalue weighted by Gasteiger charge is -2.08. The summed E-state index contributed by atoms with van der Waals surface area (Å²) in [5.41, 5.74) is 4.80. The van der Waals surface area contributed by atoms with Gasteiger partial charge >= 0.3 is 0 Å². The highest BCUT2D eigenvalue weighted by Gasteiger charge is 2.08. The van der Waals surface area contributed by atoms with Crippen molar-refractivity contribution in [1.82, 2.24) is 15.4 Å². The van der Waals surface area contributed by atoms with E-state index in [0.29, 0.717) is 5.69 Å². The Labute approximate surface area is 87.5 Å². The molecule has 1 heterocycles. The molecule has 0 saturated heterocycles. The van der Waals surface area contributed by atoms with Crippen LogP contribution in [0.25, 0.3) is 11.0 Å². The zero-order valence-corrected chi connectivity index (χ0v) is 8.01. The first kappa shape index (κ1) is 9.59. The van der Waals surface area contributed by atoms with Crippen molar-refractivity contribution in [2.75, 3.05) is 0 Å². The molecule has 1 unspecified atom stereocenters. The number of para-hydroxylation sites is 2. The second-order valence-corrected chi connectivity index (χ2v) is 3.05. The molecule has 0 aliphatic heterocycles. The number of rotatable bonds is 2. The maximum Gasteiger partial charge on any atom is 0.125 e. The Morgan fingerprint density at radius 1 is 1.33 bits per heavy atom. The predicted molar refractivity (Wildman–Crippen MR) is 58.4 cm³/mol. The maximum absolute atomic E-state index is 5.30. The van der Waals surface area contributed by atoms with Gasteiger partial charge in [0.25, 0.3) is 0 Å². The Kier molecular flexibility index (Phi) is 2.59. The van der Waals surface area contributed by atoms with Gasteiger partial charge in [-0.15, -0.1) is 6.42 Å². The first-order valence-electron chi connectivity index (χ1n) is 4.49. The lowest BCUT2D eigenvalue weighted by molar-refractivity contribution is 0.656. The van der Waals surface area contributed by atoms with Gasteiger partial charge in [-0.05, 0) is 12.1 Å². The van der Waals surface area contributed by atoms with Crippen molar-refractivity contribution in [1.29, 1.82) is 0 Å². The van der Waals surface area contributed by atoms with Crippen LogP contribution in [0.2, 0.25) is 0 Å². The van der Waals surface area contributed by atoms with Gasteiger partial charge in [0.2, 0.25) is 0 Å². The van der Waals surface area contributed by atoms with Gasteiger partial charge in [0.1, 0.15) is 6.04 Å². The Bertz CT molecular complexity index is 515. The number of nitrogens with two attached hydrogens (primary N) is 1. The van der Waals surface area contributed by atoms with E-state index < -0.39 is 6.04 Å². The van der Waals surface area contributed by atoms with E-state index in [4.69, 9.17) is 12.3 Å². The second kappa shape index (κ2) is 4.05. The number of nitrogens with one attached hydrogen (secondary N) is 1. The topological polar surface area (TPSA) is 63.8 Å². The van der Waals surface area contributed by atoms with Gasteiger partial charge in [-0.2, -0.15) is 0 Å². The van der Waals surface area contributed by atoms with Crippen LogP contribution in [0.4, 0.5) is 0 Å². The minimum Gasteiger partial charge on any atom is -0.270 e. The molecule has 0 saturated carbocycles. The Morgan fingerprint density at radius 2 is 2.07 bits per heavy atom. The zero-order valence-electron chi connectivity index (χ0n) is 8.01. The molecule has 0 aliphatic rings. The Morgan fingerprint density at radius 3 is 2.73 bits per heavy atom. The number of hydrazine groups is 1. The smallest absolute Gasteiger partial charge is 0.125 e. The van der Waals surface area contributed by atoms with Crippen molar-refractivity contribution >= 4 is 11.0 Å². The molecule has 4 nitrogen and oxygen atoms in total. The van der Waals surface area contributed by atoms with E-state index >= 15 is 0 Å². The Balaban J connectivity index is 2.52. The molecular weight excluding hydrogens is 188 g/mol. The number of benzene rings is 1. The minimum absolute atomic E-state index is 0.401. The third kappa shape index (κ3) is 1.79. The van der Waals surface area contributed by atoms with Crippen molar-refractivity contribution in [2.45, 2.75) is 6.04 Å². The van der Waals surface area contributed by atoms with Gasteiger partial charge < -0.3 is 0 Å². The number of nitrogens with zero attached hydrogens (tertiary/aromatic N) is 2. The van der Waals surface area contributed by atoms with Crippen molar-refractivity contribution in [3.63, 3.8) is 0 Å². The molecule has 1 aromatic carbocycles. The van der Waals surface area contributed by atoms with Crippen molar-refractivity contribution in [2.24, 2.45) is 5.84 Å². The highest BCUT2D eigenvalue weighted by molar-refractivity contribution is 5.73. The Hall–Kier alpha value is -1.96. The van der Waals surface area contributed by atoms with E-state index in [9.17, 15) is 0 Å². The highest BCUT2D eigenvalue weighted by atomic mass is 15.2. The molecular formula is C11H10N4. The van der Waals surface area contributed by atoms with Gasteiger partial charge in [-0.3, -0.25) is 10.8 Å². The van der Waals surface area contributed by atoms with Crippen LogP contribution in [0.1, 0.15) is 11.7 Å². The summed E-state index contributed by atoms with van der Waals surface area (Å²) < 4.78 is 0. The number of fused-ring (bicyclic) bond motifs is 1. The van der Waals surface area contributed by atoms with Gasteiger partial charge in [0.15, 0.2) is 0 Å². The molecule has 0 amide bonds. The van der Waals surface area contributed by atoms with Gasteiger partial charge in [-0.1, -0.05) is 18.1 Å². The lowest BCUT2D eigenvalue weighted by atomic mass is 10.2. The van der Waals surface area contributed by atoms with Crippen molar-refractivity contribution < 1.29 is 0 Å². The molecule has 0 spiro atoms. The molecule has 1 atom stereocenters. The average Bonchev–Trinajstić information content (AvgIpc) is 2.30. The molecule has 74 valence electrons. The predicted octanol–water partition coefficient (Wildman–Crippen LogP) is 0.767. The number of hydrogen-bond donors (Lipinski definition) is 2. The van der Waals surface area contributed by atoms with Crippen LogP contribution in [0.15, 0.2) is 30.5 Å². The highest BCUT2D eigenvalue weighted by Crippen LogP contribution is 2.12. The van der Waals surface area contributed by atoms with E-state index in [-0.39, 0.29) is 0 Å². The van der Waals surface area contributed by atoms with Crippen LogP contribution < -0.4 is 11.3 Å².